The zero-order valence-electron chi connectivity index (χ0n) is 17.6. The van der Waals surface area contributed by atoms with Crippen molar-refractivity contribution in [3.63, 3.8) is 0 Å². The molecule has 1 unspecified atom stereocenters. The van der Waals surface area contributed by atoms with Gasteiger partial charge in [-0.05, 0) is 54.8 Å². The number of carbonyl (C=O) groups excluding carboxylic acids is 2. The number of aliphatic hydroxyl groups excluding tert-OH is 1. The van der Waals surface area contributed by atoms with Crippen LogP contribution in [0.15, 0.2) is 54.1 Å². The van der Waals surface area contributed by atoms with E-state index in [-0.39, 0.29) is 17.9 Å². The molecule has 3 rings (SSSR count). The number of ether oxygens (including phenoxy) is 2. The molecule has 0 aliphatic carbocycles. The number of nitrogens with zero attached hydrogens (tertiary/aromatic N) is 1. The molecular weight excluding hydrogens is 401 g/mol. The third-order valence-corrected chi connectivity index (χ3v) is 5.07. The van der Waals surface area contributed by atoms with Crippen LogP contribution in [-0.2, 0) is 14.3 Å². The summed E-state index contributed by atoms with van der Waals surface area (Å²) in [5, 5.41) is 11.0. The monoisotopic (exact) mass is 427 g/mol. The Bertz CT molecular complexity index is 953. The minimum Gasteiger partial charge on any atom is -0.507 e. The first kappa shape index (κ1) is 22.5. The highest BCUT2D eigenvalue weighted by Gasteiger charge is 2.45. The van der Waals surface area contributed by atoms with Crippen molar-refractivity contribution in [2.24, 2.45) is 0 Å². The van der Waals surface area contributed by atoms with E-state index in [9.17, 15) is 19.1 Å². The molecule has 2 aromatic rings. The van der Waals surface area contributed by atoms with Gasteiger partial charge >= 0.3 is 0 Å². The topological polar surface area (TPSA) is 76.1 Å². The highest BCUT2D eigenvalue weighted by atomic mass is 19.1. The third kappa shape index (κ3) is 4.94. The van der Waals surface area contributed by atoms with Crippen LogP contribution in [0.1, 0.15) is 36.9 Å². The first-order chi connectivity index (χ1) is 15.0. The Hall–Kier alpha value is -3.19. The fourth-order valence-corrected chi connectivity index (χ4v) is 3.57. The number of amides is 1. The van der Waals surface area contributed by atoms with Gasteiger partial charge in [0.2, 0.25) is 0 Å². The van der Waals surface area contributed by atoms with Crippen LogP contribution in [0, 0.1) is 5.82 Å². The van der Waals surface area contributed by atoms with E-state index in [1.54, 1.807) is 31.4 Å². The van der Waals surface area contributed by atoms with E-state index in [1.807, 2.05) is 6.92 Å². The molecule has 1 aliphatic rings. The lowest BCUT2D eigenvalue weighted by molar-refractivity contribution is -0.140. The molecule has 0 spiro atoms. The number of ketones is 1. The van der Waals surface area contributed by atoms with Crippen molar-refractivity contribution in [3.05, 3.63) is 71.0 Å². The Kier molecular flexibility index (Phi) is 7.41. The molecule has 1 fully saturated rings. The van der Waals surface area contributed by atoms with E-state index in [2.05, 4.69) is 0 Å². The average Bonchev–Trinajstić information content (AvgIpc) is 3.03. The van der Waals surface area contributed by atoms with Gasteiger partial charge in [-0.3, -0.25) is 9.59 Å². The molecule has 7 heteroatoms. The Balaban J connectivity index is 2.02. The summed E-state index contributed by atoms with van der Waals surface area (Å²) >= 11 is 0. The highest BCUT2D eigenvalue weighted by molar-refractivity contribution is 6.46. The van der Waals surface area contributed by atoms with Crippen molar-refractivity contribution in [1.82, 2.24) is 4.90 Å². The lowest BCUT2D eigenvalue weighted by Crippen LogP contribution is -2.31. The van der Waals surface area contributed by atoms with Gasteiger partial charge in [0.05, 0.1) is 18.2 Å². The second-order valence-corrected chi connectivity index (χ2v) is 7.26. The number of rotatable bonds is 9. The van der Waals surface area contributed by atoms with Crippen LogP contribution < -0.4 is 4.74 Å². The van der Waals surface area contributed by atoms with E-state index in [4.69, 9.17) is 9.47 Å². The lowest BCUT2D eigenvalue weighted by Gasteiger charge is -2.25. The summed E-state index contributed by atoms with van der Waals surface area (Å²) in [5.41, 5.74) is 0.921. The van der Waals surface area contributed by atoms with Crippen LogP contribution in [0.4, 0.5) is 4.39 Å². The first-order valence-corrected chi connectivity index (χ1v) is 10.2. The molecule has 2 aromatic carbocycles. The number of halogens is 1. The average molecular weight is 427 g/mol. The number of hydrogen-bond donors (Lipinski definition) is 1. The molecule has 1 amide bonds. The molecule has 0 radical (unpaired) electrons. The van der Waals surface area contributed by atoms with Gasteiger partial charge in [0.15, 0.2) is 0 Å². The minimum absolute atomic E-state index is 0.0174. The zero-order chi connectivity index (χ0) is 22.4. The molecule has 31 heavy (non-hydrogen) atoms. The normalized spacial score (nSPS) is 17.9. The van der Waals surface area contributed by atoms with E-state index in [0.717, 1.165) is 6.42 Å². The maximum atomic E-state index is 13.5. The zero-order valence-corrected chi connectivity index (χ0v) is 17.6. The SMILES string of the molecule is CCCOc1ccc(/C(O)=C2\C(=O)C(=O)N(CCCOC)C2c2ccc(F)cc2)cc1. The minimum atomic E-state index is -0.812. The fraction of sp³-hybridized carbons (Fsp3) is 0.333. The summed E-state index contributed by atoms with van der Waals surface area (Å²) in [5.74, 6) is -1.52. The molecule has 1 atom stereocenters. The van der Waals surface area contributed by atoms with Crippen LogP contribution >= 0.6 is 0 Å². The van der Waals surface area contributed by atoms with Gasteiger partial charge in [-0.15, -0.1) is 0 Å². The molecule has 1 N–H and O–H groups in total. The molecule has 1 aliphatic heterocycles. The molecule has 1 saturated heterocycles. The third-order valence-electron chi connectivity index (χ3n) is 5.07. The smallest absolute Gasteiger partial charge is 0.295 e. The fourth-order valence-electron chi connectivity index (χ4n) is 3.57. The van der Waals surface area contributed by atoms with Gasteiger partial charge in [-0.2, -0.15) is 0 Å². The van der Waals surface area contributed by atoms with Crippen molar-refractivity contribution in [2.45, 2.75) is 25.8 Å². The lowest BCUT2D eigenvalue weighted by atomic mass is 9.95. The highest BCUT2D eigenvalue weighted by Crippen LogP contribution is 2.39. The summed E-state index contributed by atoms with van der Waals surface area (Å²) < 4.78 is 24.1. The van der Waals surface area contributed by atoms with Crippen LogP contribution in [0.3, 0.4) is 0 Å². The van der Waals surface area contributed by atoms with Crippen LogP contribution in [-0.4, -0.2) is 48.6 Å². The number of likely N-dealkylation sites (tertiary alicyclic amines) is 1. The van der Waals surface area contributed by atoms with Crippen molar-refractivity contribution in [2.75, 3.05) is 26.9 Å². The molecule has 164 valence electrons. The number of Topliss-reactive ketones (excluding diaryl/α,β-unsaturated/α-hetero) is 1. The number of hydrogen-bond acceptors (Lipinski definition) is 5. The molecule has 0 bridgehead atoms. The second kappa shape index (κ2) is 10.2. The van der Waals surface area contributed by atoms with Crippen molar-refractivity contribution in [1.29, 1.82) is 0 Å². The quantitative estimate of drug-likeness (QED) is 0.283. The summed E-state index contributed by atoms with van der Waals surface area (Å²) in [4.78, 5) is 27.0. The van der Waals surface area contributed by atoms with Gasteiger partial charge < -0.3 is 19.5 Å². The van der Waals surface area contributed by atoms with Crippen LogP contribution in [0.5, 0.6) is 5.75 Å². The van der Waals surface area contributed by atoms with Gasteiger partial charge in [0.1, 0.15) is 17.3 Å². The summed E-state index contributed by atoms with van der Waals surface area (Å²) in [6.45, 7) is 3.25. The molecule has 0 aromatic heterocycles. The summed E-state index contributed by atoms with van der Waals surface area (Å²) in [6.07, 6.45) is 1.39. The predicted molar refractivity (Wildman–Crippen MR) is 114 cm³/mol. The number of benzene rings is 2. The number of carbonyl (C=O) groups is 2. The summed E-state index contributed by atoms with van der Waals surface area (Å²) in [6, 6.07) is 11.4. The number of methoxy groups -OCH3 is 1. The van der Waals surface area contributed by atoms with Crippen LogP contribution in [0.25, 0.3) is 5.76 Å². The molecule has 6 nitrogen and oxygen atoms in total. The van der Waals surface area contributed by atoms with E-state index < -0.39 is 23.5 Å². The Morgan fingerprint density at radius 3 is 2.35 bits per heavy atom. The standard InChI is InChI=1S/C24H26FNO5/c1-3-14-31-19-11-7-17(8-12-19)22(27)20-21(16-5-9-18(25)10-6-16)26(13-4-15-30-2)24(29)23(20)28/h5-12,21,27H,3-4,13-15H2,1-2H3/b22-20+. The van der Waals surface area contributed by atoms with Crippen molar-refractivity contribution >= 4 is 17.4 Å². The Labute approximate surface area is 180 Å². The summed E-state index contributed by atoms with van der Waals surface area (Å²) in [7, 11) is 1.56. The predicted octanol–water partition coefficient (Wildman–Crippen LogP) is 4.07. The maximum absolute atomic E-state index is 13.5. The van der Waals surface area contributed by atoms with Gasteiger partial charge in [-0.25, -0.2) is 4.39 Å². The van der Waals surface area contributed by atoms with E-state index in [0.29, 0.717) is 36.5 Å². The molecular formula is C24H26FNO5. The van der Waals surface area contributed by atoms with Crippen molar-refractivity contribution < 1.29 is 28.6 Å². The van der Waals surface area contributed by atoms with Gasteiger partial charge in [-0.1, -0.05) is 19.1 Å². The first-order valence-electron chi connectivity index (χ1n) is 10.2. The molecule has 0 saturated carbocycles. The maximum Gasteiger partial charge on any atom is 0.295 e. The second-order valence-electron chi connectivity index (χ2n) is 7.26. The van der Waals surface area contributed by atoms with Gasteiger partial charge in [0, 0.05) is 25.8 Å². The molecule has 1 heterocycles. The number of aliphatic hydroxyl groups is 1. The van der Waals surface area contributed by atoms with Gasteiger partial charge in [0.25, 0.3) is 11.7 Å². The van der Waals surface area contributed by atoms with E-state index >= 15 is 0 Å². The van der Waals surface area contributed by atoms with Crippen molar-refractivity contribution in [3.8, 4) is 5.75 Å². The largest absolute Gasteiger partial charge is 0.507 e. The Morgan fingerprint density at radius 2 is 1.74 bits per heavy atom. The Morgan fingerprint density at radius 1 is 1.06 bits per heavy atom. The van der Waals surface area contributed by atoms with E-state index in [1.165, 1.54) is 29.2 Å². The van der Waals surface area contributed by atoms with Crippen LogP contribution in [0.2, 0.25) is 0 Å².